The van der Waals surface area contributed by atoms with E-state index in [1.165, 1.54) is 30.3 Å². The first-order valence-electron chi connectivity index (χ1n) is 9.68. The minimum atomic E-state index is -0.508. The van der Waals surface area contributed by atoms with Crippen LogP contribution in [0.4, 0.5) is 10.1 Å². The molecule has 0 aliphatic carbocycles. The Labute approximate surface area is 173 Å². The SMILES string of the molecule is O=C(CCc1ccccc1)Nc1cc2c(cc1C(=O)c1cccc(F)c1)OCCO2. The summed E-state index contributed by atoms with van der Waals surface area (Å²) in [6.45, 7) is 0.745. The molecule has 0 fully saturated rings. The third-order valence-corrected chi connectivity index (χ3v) is 4.77. The van der Waals surface area contributed by atoms with Gasteiger partial charge >= 0.3 is 0 Å². The van der Waals surface area contributed by atoms with Crippen LogP contribution < -0.4 is 14.8 Å². The number of aryl methyl sites for hydroxylation is 1. The predicted molar refractivity (Wildman–Crippen MR) is 111 cm³/mol. The van der Waals surface area contributed by atoms with Crippen molar-refractivity contribution in [2.45, 2.75) is 12.8 Å². The van der Waals surface area contributed by atoms with Crippen LogP contribution in [0.15, 0.2) is 66.7 Å². The van der Waals surface area contributed by atoms with Crippen molar-refractivity contribution >= 4 is 17.4 Å². The van der Waals surface area contributed by atoms with Crippen LogP contribution >= 0.6 is 0 Å². The van der Waals surface area contributed by atoms with Gasteiger partial charge < -0.3 is 14.8 Å². The number of ketones is 1. The zero-order valence-corrected chi connectivity index (χ0v) is 16.2. The van der Waals surface area contributed by atoms with Gasteiger partial charge in [-0.05, 0) is 30.2 Å². The third-order valence-electron chi connectivity index (χ3n) is 4.77. The molecule has 0 saturated heterocycles. The molecule has 30 heavy (non-hydrogen) atoms. The average molecular weight is 405 g/mol. The van der Waals surface area contributed by atoms with Crippen molar-refractivity contribution < 1.29 is 23.5 Å². The fourth-order valence-corrected chi connectivity index (χ4v) is 3.28. The van der Waals surface area contributed by atoms with Gasteiger partial charge in [0.05, 0.1) is 11.3 Å². The molecule has 5 nitrogen and oxygen atoms in total. The second-order valence-corrected chi connectivity index (χ2v) is 6.91. The largest absolute Gasteiger partial charge is 0.486 e. The standard InChI is InChI=1S/C24H20FNO4/c25-18-8-4-7-17(13-18)24(28)19-14-21-22(30-12-11-29-21)15-20(19)26-23(27)10-9-16-5-2-1-3-6-16/h1-8,13-15H,9-12H2,(H,26,27). The second kappa shape index (κ2) is 8.78. The molecule has 0 unspecified atom stereocenters. The van der Waals surface area contributed by atoms with Crippen LogP contribution in [0.1, 0.15) is 27.9 Å². The Balaban J connectivity index is 1.60. The van der Waals surface area contributed by atoms with Crippen LogP contribution in [0.3, 0.4) is 0 Å². The number of halogens is 1. The molecule has 1 aliphatic heterocycles. The average Bonchev–Trinajstić information content (AvgIpc) is 2.77. The first-order chi connectivity index (χ1) is 14.6. The number of rotatable bonds is 6. The van der Waals surface area contributed by atoms with Crippen molar-refractivity contribution in [1.29, 1.82) is 0 Å². The van der Waals surface area contributed by atoms with Crippen LogP contribution in [0.5, 0.6) is 11.5 Å². The number of carbonyl (C=O) groups excluding carboxylic acids is 2. The molecular weight excluding hydrogens is 385 g/mol. The molecule has 1 aliphatic rings. The lowest BCUT2D eigenvalue weighted by Crippen LogP contribution is -2.19. The van der Waals surface area contributed by atoms with Crippen LogP contribution in [0.2, 0.25) is 0 Å². The number of amides is 1. The van der Waals surface area contributed by atoms with E-state index in [0.29, 0.717) is 36.8 Å². The van der Waals surface area contributed by atoms with E-state index in [9.17, 15) is 14.0 Å². The van der Waals surface area contributed by atoms with E-state index in [-0.39, 0.29) is 23.5 Å². The van der Waals surface area contributed by atoms with Crippen LogP contribution in [-0.4, -0.2) is 24.9 Å². The van der Waals surface area contributed by atoms with Gasteiger partial charge in [-0.3, -0.25) is 9.59 Å². The number of nitrogens with one attached hydrogen (secondary N) is 1. The van der Waals surface area contributed by atoms with E-state index in [1.807, 2.05) is 30.3 Å². The molecule has 0 bridgehead atoms. The maximum Gasteiger partial charge on any atom is 0.224 e. The Morgan fingerprint density at radius 3 is 2.37 bits per heavy atom. The van der Waals surface area contributed by atoms with Crippen LogP contribution in [0, 0.1) is 5.82 Å². The van der Waals surface area contributed by atoms with Crippen molar-refractivity contribution in [2.75, 3.05) is 18.5 Å². The zero-order valence-electron chi connectivity index (χ0n) is 16.2. The van der Waals surface area contributed by atoms with E-state index >= 15 is 0 Å². The van der Waals surface area contributed by atoms with Gasteiger partial charge in [0.25, 0.3) is 0 Å². The molecule has 0 radical (unpaired) electrons. The summed E-state index contributed by atoms with van der Waals surface area (Å²) in [5.41, 5.74) is 1.77. The van der Waals surface area contributed by atoms with Gasteiger partial charge in [0.2, 0.25) is 5.91 Å². The van der Waals surface area contributed by atoms with E-state index in [4.69, 9.17) is 9.47 Å². The molecule has 1 heterocycles. The predicted octanol–water partition coefficient (Wildman–Crippen LogP) is 4.40. The van der Waals surface area contributed by atoms with Gasteiger partial charge in [0, 0.05) is 18.1 Å². The topological polar surface area (TPSA) is 64.6 Å². The molecule has 1 N–H and O–H groups in total. The van der Waals surface area contributed by atoms with E-state index < -0.39 is 11.6 Å². The molecule has 6 heteroatoms. The molecule has 1 amide bonds. The van der Waals surface area contributed by atoms with Crippen molar-refractivity contribution in [3.05, 3.63) is 89.2 Å². The molecule has 0 aromatic heterocycles. The van der Waals surface area contributed by atoms with E-state index in [0.717, 1.165) is 5.56 Å². The number of hydrogen-bond acceptors (Lipinski definition) is 4. The van der Waals surface area contributed by atoms with Crippen molar-refractivity contribution in [1.82, 2.24) is 0 Å². The third kappa shape index (κ3) is 4.49. The molecule has 0 spiro atoms. The summed E-state index contributed by atoms with van der Waals surface area (Å²) in [4.78, 5) is 25.6. The quantitative estimate of drug-likeness (QED) is 0.618. The minimum Gasteiger partial charge on any atom is -0.486 e. The van der Waals surface area contributed by atoms with Crippen LogP contribution in [-0.2, 0) is 11.2 Å². The van der Waals surface area contributed by atoms with Gasteiger partial charge in [-0.25, -0.2) is 4.39 Å². The maximum atomic E-state index is 13.6. The highest BCUT2D eigenvalue weighted by atomic mass is 19.1. The smallest absolute Gasteiger partial charge is 0.224 e. The van der Waals surface area contributed by atoms with E-state index in [2.05, 4.69) is 5.32 Å². The summed E-state index contributed by atoms with van der Waals surface area (Å²) in [7, 11) is 0. The van der Waals surface area contributed by atoms with E-state index in [1.54, 1.807) is 6.07 Å². The highest BCUT2D eigenvalue weighted by Crippen LogP contribution is 2.36. The fraction of sp³-hybridized carbons (Fsp3) is 0.167. The fourth-order valence-electron chi connectivity index (χ4n) is 3.28. The number of fused-ring (bicyclic) bond motifs is 1. The van der Waals surface area contributed by atoms with Gasteiger partial charge in [-0.2, -0.15) is 0 Å². The summed E-state index contributed by atoms with van der Waals surface area (Å²) in [6, 6.07) is 18.2. The molecular formula is C24H20FNO4. The monoisotopic (exact) mass is 405 g/mol. The summed E-state index contributed by atoms with van der Waals surface area (Å²) in [5.74, 6) is -0.279. The Morgan fingerprint density at radius 1 is 0.900 bits per heavy atom. The lowest BCUT2D eigenvalue weighted by molar-refractivity contribution is -0.116. The Kier molecular flexibility index (Phi) is 5.75. The van der Waals surface area contributed by atoms with Crippen molar-refractivity contribution in [3.63, 3.8) is 0 Å². The van der Waals surface area contributed by atoms with Crippen molar-refractivity contribution in [2.24, 2.45) is 0 Å². The number of anilines is 1. The summed E-state index contributed by atoms with van der Waals surface area (Å²) >= 11 is 0. The normalized spacial score (nSPS) is 12.3. The number of carbonyl (C=O) groups is 2. The molecule has 152 valence electrons. The molecule has 3 aromatic carbocycles. The maximum absolute atomic E-state index is 13.6. The number of ether oxygens (including phenoxy) is 2. The minimum absolute atomic E-state index is 0.187. The molecule has 4 rings (SSSR count). The Morgan fingerprint density at radius 2 is 1.63 bits per heavy atom. The first-order valence-corrected chi connectivity index (χ1v) is 9.68. The lowest BCUT2D eigenvalue weighted by atomic mass is 10.00. The second-order valence-electron chi connectivity index (χ2n) is 6.91. The molecule has 3 aromatic rings. The van der Waals surface area contributed by atoms with Gasteiger partial charge in [0.1, 0.15) is 19.0 Å². The Hall–Kier alpha value is -3.67. The molecule has 0 atom stereocenters. The highest BCUT2D eigenvalue weighted by molar-refractivity contribution is 6.14. The van der Waals surface area contributed by atoms with Gasteiger partial charge in [-0.1, -0.05) is 42.5 Å². The number of benzene rings is 3. The summed E-state index contributed by atoms with van der Waals surface area (Å²) in [6.07, 6.45) is 0.830. The van der Waals surface area contributed by atoms with Gasteiger partial charge in [-0.15, -0.1) is 0 Å². The van der Waals surface area contributed by atoms with Crippen molar-refractivity contribution in [3.8, 4) is 11.5 Å². The first kappa shape index (κ1) is 19.6. The summed E-state index contributed by atoms with van der Waals surface area (Å²) in [5, 5.41) is 2.81. The highest BCUT2D eigenvalue weighted by Gasteiger charge is 2.22. The lowest BCUT2D eigenvalue weighted by Gasteiger charge is -2.21. The van der Waals surface area contributed by atoms with Crippen LogP contribution in [0.25, 0.3) is 0 Å². The number of hydrogen-bond donors (Lipinski definition) is 1. The molecule has 0 saturated carbocycles. The zero-order chi connectivity index (χ0) is 20.9. The van der Waals surface area contributed by atoms with Gasteiger partial charge in [0.15, 0.2) is 17.3 Å². The summed E-state index contributed by atoms with van der Waals surface area (Å²) < 4.78 is 24.8. The Bertz CT molecular complexity index is 1080.